The number of nitrogens with zero attached hydrogens (tertiary/aromatic N) is 1. The molecular formula is C11H10INO3. The van der Waals surface area contributed by atoms with Crippen LogP contribution in [0.1, 0.15) is 18.1 Å². The fourth-order valence-electron chi connectivity index (χ4n) is 1.90. The van der Waals surface area contributed by atoms with Crippen LogP contribution in [0.25, 0.3) is 11.1 Å². The van der Waals surface area contributed by atoms with Gasteiger partial charge in [-0.2, -0.15) is 0 Å². The van der Waals surface area contributed by atoms with Crippen LogP contribution in [0.2, 0.25) is 0 Å². The topological polar surface area (TPSA) is 44.5 Å². The highest BCUT2D eigenvalue weighted by atomic mass is 127. The number of hydrogen-bond acceptors (Lipinski definition) is 4. The number of aryl methyl sites for hydroxylation is 1. The summed E-state index contributed by atoms with van der Waals surface area (Å²) in [6, 6.07) is 0. The van der Waals surface area contributed by atoms with Crippen molar-refractivity contribution in [3.05, 3.63) is 17.5 Å². The van der Waals surface area contributed by atoms with E-state index in [4.69, 9.17) is 13.9 Å². The molecule has 0 bridgehead atoms. The number of hydrogen-bond donors (Lipinski definition) is 0. The second-order valence-electron chi connectivity index (χ2n) is 3.98. The third kappa shape index (κ3) is 1.24. The van der Waals surface area contributed by atoms with Gasteiger partial charge in [-0.1, -0.05) is 0 Å². The van der Waals surface area contributed by atoms with Crippen LogP contribution < -0.4 is 9.47 Å². The lowest BCUT2D eigenvalue weighted by molar-refractivity contribution is 0.0489. The maximum absolute atomic E-state index is 5.76. The zero-order valence-corrected chi connectivity index (χ0v) is 11.3. The summed E-state index contributed by atoms with van der Waals surface area (Å²) in [7, 11) is 0. The Balaban J connectivity index is 2.40. The monoisotopic (exact) mass is 331 g/mol. The Morgan fingerprint density at radius 1 is 1.19 bits per heavy atom. The molecule has 0 fully saturated rings. The van der Waals surface area contributed by atoms with Gasteiger partial charge in [0.25, 0.3) is 3.79 Å². The fourth-order valence-corrected chi connectivity index (χ4v) is 2.34. The highest BCUT2D eigenvalue weighted by Gasteiger charge is 2.38. The first-order valence-electron chi connectivity index (χ1n) is 4.93. The van der Waals surface area contributed by atoms with Gasteiger partial charge < -0.3 is 13.9 Å². The van der Waals surface area contributed by atoms with Gasteiger partial charge in [0, 0.05) is 35.1 Å². The zero-order valence-electron chi connectivity index (χ0n) is 9.13. The van der Waals surface area contributed by atoms with Crippen LogP contribution in [-0.2, 0) is 0 Å². The highest BCUT2D eigenvalue weighted by Crippen LogP contribution is 2.49. The lowest BCUT2D eigenvalue weighted by atomic mass is 10.1. The normalized spacial score (nSPS) is 23.0. The standard InChI is InChI=1S/C11H10INO3/c1-5-6(2)8-10(16-11(3,12)15-8)9-7(5)13-4-14-9/h4H,1-3H3. The number of fused-ring (bicyclic) bond motifs is 3. The van der Waals surface area contributed by atoms with E-state index in [1.54, 1.807) is 0 Å². The van der Waals surface area contributed by atoms with Crippen molar-refractivity contribution in [2.75, 3.05) is 0 Å². The van der Waals surface area contributed by atoms with Gasteiger partial charge in [0.15, 0.2) is 12.1 Å². The first-order chi connectivity index (χ1) is 7.49. The fraction of sp³-hybridized carbons (Fsp3) is 0.364. The second-order valence-corrected chi connectivity index (χ2v) is 5.94. The van der Waals surface area contributed by atoms with Gasteiger partial charge in [0.2, 0.25) is 11.3 Å². The molecule has 84 valence electrons. The van der Waals surface area contributed by atoms with Gasteiger partial charge in [-0.25, -0.2) is 4.98 Å². The summed E-state index contributed by atoms with van der Waals surface area (Å²) < 4.78 is 16.2. The largest absolute Gasteiger partial charge is 0.440 e. The summed E-state index contributed by atoms with van der Waals surface area (Å²) in [5.41, 5.74) is 3.63. The molecule has 1 aliphatic rings. The highest BCUT2D eigenvalue weighted by molar-refractivity contribution is 14.1. The Bertz CT molecular complexity index is 588. The summed E-state index contributed by atoms with van der Waals surface area (Å²) in [6.45, 7) is 5.88. The van der Waals surface area contributed by atoms with Crippen molar-refractivity contribution in [3.63, 3.8) is 0 Å². The van der Waals surface area contributed by atoms with Crippen molar-refractivity contribution in [2.24, 2.45) is 0 Å². The van der Waals surface area contributed by atoms with Crippen LogP contribution in [0.3, 0.4) is 0 Å². The number of oxazole rings is 1. The maximum atomic E-state index is 5.76. The van der Waals surface area contributed by atoms with Gasteiger partial charge in [0.1, 0.15) is 5.52 Å². The molecule has 16 heavy (non-hydrogen) atoms. The lowest BCUT2D eigenvalue weighted by Crippen LogP contribution is -2.25. The van der Waals surface area contributed by atoms with E-state index in [1.165, 1.54) is 6.39 Å². The molecule has 0 spiro atoms. The summed E-state index contributed by atoms with van der Waals surface area (Å²) >= 11 is 2.11. The van der Waals surface area contributed by atoms with E-state index in [2.05, 4.69) is 27.6 Å². The third-order valence-corrected chi connectivity index (χ3v) is 3.25. The van der Waals surface area contributed by atoms with Crippen LogP contribution in [0.15, 0.2) is 10.8 Å². The number of rotatable bonds is 0. The van der Waals surface area contributed by atoms with E-state index < -0.39 is 3.79 Å². The number of halogens is 1. The molecule has 0 amide bonds. The molecule has 0 aliphatic carbocycles. The molecule has 1 atom stereocenters. The van der Waals surface area contributed by atoms with Crippen molar-refractivity contribution in [1.82, 2.24) is 4.98 Å². The minimum absolute atomic E-state index is 0.660. The number of alkyl halides is 1. The number of aromatic nitrogens is 1. The molecule has 0 saturated carbocycles. The predicted octanol–water partition coefficient (Wildman–Crippen LogP) is 3.32. The van der Waals surface area contributed by atoms with Gasteiger partial charge >= 0.3 is 0 Å². The maximum Gasteiger partial charge on any atom is 0.300 e. The third-order valence-electron chi connectivity index (χ3n) is 2.81. The second kappa shape index (κ2) is 3.03. The number of benzene rings is 1. The van der Waals surface area contributed by atoms with E-state index in [0.717, 1.165) is 22.4 Å². The Kier molecular flexibility index (Phi) is 1.93. The van der Waals surface area contributed by atoms with Crippen LogP contribution in [0, 0.1) is 13.8 Å². The summed E-state index contributed by atoms with van der Waals surface area (Å²) in [5, 5.41) is 0. The average Bonchev–Trinajstić information content (AvgIpc) is 2.77. The summed E-state index contributed by atoms with van der Waals surface area (Å²) in [6.07, 6.45) is 1.43. The van der Waals surface area contributed by atoms with E-state index in [9.17, 15) is 0 Å². The van der Waals surface area contributed by atoms with Gasteiger partial charge in [-0.3, -0.25) is 0 Å². The van der Waals surface area contributed by atoms with E-state index in [-0.39, 0.29) is 0 Å². The van der Waals surface area contributed by atoms with Crippen LogP contribution in [0.5, 0.6) is 11.5 Å². The van der Waals surface area contributed by atoms with E-state index in [1.807, 2.05) is 20.8 Å². The molecule has 5 heteroatoms. The van der Waals surface area contributed by atoms with Gasteiger partial charge in [-0.05, 0) is 19.4 Å². The summed E-state index contributed by atoms with van der Waals surface area (Å²) in [5.74, 6) is 1.42. The van der Waals surface area contributed by atoms with Crippen LogP contribution in [0.4, 0.5) is 0 Å². The molecular weight excluding hydrogens is 321 g/mol. The SMILES string of the molecule is Cc1c2c(c3ocnc3c1C)OC(C)(I)O2. The molecule has 1 aromatic heterocycles. The Labute approximate surface area is 106 Å². The Morgan fingerprint density at radius 2 is 1.88 bits per heavy atom. The molecule has 2 heterocycles. The smallest absolute Gasteiger partial charge is 0.300 e. The first kappa shape index (κ1) is 10.2. The van der Waals surface area contributed by atoms with Crippen molar-refractivity contribution in [3.8, 4) is 11.5 Å². The molecule has 1 unspecified atom stereocenters. The molecule has 1 aromatic carbocycles. The zero-order chi connectivity index (χ0) is 11.5. The van der Waals surface area contributed by atoms with Gasteiger partial charge in [0.05, 0.1) is 0 Å². The van der Waals surface area contributed by atoms with Crippen LogP contribution in [-0.4, -0.2) is 8.78 Å². The van der Waals surface area contributed by atoms with Gasteiger partial charge in [-0.15, -0.1) is 0 Å². The first-order valence-corrected chi connectivity index (χ1v) is 6.01. The van der Waals surface area contributed by atoms with Crippen LogP contribution >= 0.6 is 22.6 Å². The summed E-state index contributed by atoms with van der Waals surface area (Å²) in [4.78, 5) is 4.20. The molecule has 1 aliphatic heterocycles. The molecule has 4 nitrogen and oxygen atoms in total. The average molecular weight is 331 g/mol. The van der Waals surface area contributed by atoms with E-state index >= 15 is 0 Å². The van der Waals surface area contributed by atoms with Crippen molar-refractivity contribution >= 4 is 33.7 Å². The van der Waals surface area contributed by atoms with E-state index in [0.29, 0.717) is 11.3 Å². The molecule has 0 saturated heterocycles. The quantitative estimate of drug-likeness (QED) is 0.549. The Morgan fingerprint density at radius 3 is 2.62 bits per heavy atom. The minimum atomic E-state index is -0.668. The molecule has 3 rings (SSSR count). The van der Waals surface area contributed by atoms with Crippen molar-refractivity contribution in [2.45, 2.75) is 24.6 Å². The molecule has 2 aromatic rings. The molecule has 0 N–H and O–H groups in total. The molecule has 0 radical (unpaired) electrons. The van der Waals surface area contributed by atoms with Crippen molar-refractivity contribution < 1.29 is 13.9 Å². The Hall–Kier alpha value is -0.980. The van der Waals surface area contributed by atoms with Crippen molar-refractivity contribution in [1.29, 1.82) is 0 Å². The minimum Gasteiger partial charge on any atom is -0.440 e. The lowest BCUT2D eigenvalue weighted by Gasteiger charge is -2.14. The number of ether oxygens (including phenoxy) is 2. The predicted molar refractivity (Wildman–Crippen MR) is 67.2 cm³/mol.